The zero-order chi connectivity index (χ0) is 15.1. The van der Waals surface area contributed by atoms with Gasteiger partial charge in [0.1, 0.15) is 0 Å². The van der Waals surface area contributed by atoms with Gasteiger partial charge in [0, 0.05) is 4.47 Å². The first kappa shape index (κ1) is 15.7. The number of hydrogen-bond donors (Lipinski definition) is 2. The van der Waals surface area contributed by atoms with Gasteiger partial charge in [0.05, 0.1) is 19.1 Å². The second-order valence-corrected chi connectivity index (χ2v) is 5.86. The molecule has 0 aliphatic rings. The molecule has 0 heterocycles. The summed E-state index contributed by atoms with van der Waals surface area (Å²) in [6.07, 6.45) is 0.937. The van der Waals surface area contributed by atoms with Gasteiger partial charge in [0.2, 0.25) is 5.91 Å². The highest BCUT2D eigenvalue weighted by atomic mass is 79.9. The van der Waals surface area contributed by atoms with Gasteiger partial charge in [0.15, 0.2) is 0 Å². The molecule has 4 heteroatoms. The second kappa shape index (κ2) is 7.96. The molecule has 0 bridgehead atoms. The van der Waals surface area contributed by atoms with Crippen molar-refractivity contribution in [2.75, 3.05) is 6.61 Å². The molecule has 0 aromatic heterocycles. The zero-order valence-corrected chi connectivity index (χ0v) is 13.2. The summed E-state index contributed by atoms with van der Waals surface area (Å²) in [6, 6.07) is 17.2. The fourth-order valence-electron chi connectivity index (χ4n) is 2.17. The lowest BCUT2D eigenvalue weighted by Gasteiger charge is -2.16. The monoisotopic (exact) mass is 347 g/mol. The van der Waals surface area contributed by atoms with Crippen molar-refractivity contribution >= 4 is 21.8 Å². The fraction of sp³-hybridized carbons (Fsp3) is 0.235. The largest absolute Gasteiger partial charge is 0.394 e. The van der Waals surface area contributed by atoms with E-state index in [9.17, 15) is 9.90 Å². The molecule has 3 nitrogen and oxygen atoms in total. The molecule has 2 aromatic rings. The molecule has 0 radical (unpaired) electrons. The normalized spacial score (nSPS) is 11.9. The Hall–Kier alpha value is -1.65. The average Bonchev–Trinajstić information content (AvgIpc) is 2.47. The summed E-state index contributed by atoms with van der Waals surface area (Å²) >= 11 is 3.39. The van der Waals surface area contributed by atoms with E-state index in [-0.39, 0.29) is 18.6 Å². The first-order chi connectivity index (χ1) is 10.2. The summed E-state index contributed by atoms with van der Waals surface area (Å²) in [5.74, 6) is -0.0805. The van der Waals surface area contributed by atoms with Crippen molar-refractivity contribution in [2.24, 2.45) is 0 Å². The molecular formula is C17H18BrNO2. The fourth-order valence-corrected chi connectivity index (χ4v) is 2.62. The Morgan fingerprint density at radius 1 is 1.10 bits per heavy atom. The lowest BCUT2D eigenvalue weighted by atomic mass is 10.1. The Morgan fingerprint density at radius 3 is 2.48 bits per heavy atom. The van der Waals surface area contributed by atoms with E-state index in [1.165, 1.54) is 0 Å². The lowest BCUT2D eigenvalue weighted by Crippen LogP contribution is -2.39. The first-order valence-corrected chi connectivity index (χ1v) is 7.65. The number of amides is 1. The van der Waals surface area contributed by atoms with Crippen LogP contribution in [0.3, 0.4) is 0 Å². The standard InChI is InChI=1S/C17H18BrNO2/c18-15-8-4-7-14(9-15)11-17(21)19-16(12-20)10-13-5-2-1-3-6-13/h1-9,16,20H,10-12H2,(H,19,21)/t16-/m1/s1. The van der Waals surface area contributed by atoms with Crippen molar-refractivity contribution in [1.29, 1.82) is 0 Å². The number of benzene rings is 2. The van der Waals surface area contributed by atoms with Crippen LogP contribution in [0.25, 0.3) is 0 Å². The van der Waals surface area contributed by atoms with E-state index in [0.717, 1.165) is 15.6 Å². The Labute approximate surface area is 133 Å². The summed E-state index contributed by atoms with van der Waals surface area (Å²) in [4.78, 5) is 12.0. The molecule has 110 valence electrons. The van der Waals surface area contributed by atoms with Crippen molar-refractivity contribution < 1.29 is 9.90 Å². The van der Waals surface area contributed by atoms with E-state index in [4.69, 9.17) is 0 Å². The average molecular weight is 348 g/mol. The van der Waals surface area contributed by atoms with E-state index in [2.05, 4.69) is 21.2 Å². The van der Waals surface area contributed by atoms with Gasteiger partial charge >= 0.3 is 0 Å². The number of rotatable bonds is 6. The lowest BCUT2D eigenvalue weighted by molar-refractivity contribution is -0.121. The van der Waals surface area contributed by atoms with Crippen LogP contribution in [0.1, 0.15) is 11.1 Å². The summed E-state index contributed by atoms with van der Waals surface area (Å²) in [6.45, 7) is -0.0703. The Morgan fingerprint density at radius 2 is 1.81 bits per heavy atom. The van der Waals surface area contributed by atoms with Gasteiger partial charge in [0.25, 0.3) is 0 Å². The van der Waals surface area contributed by atoms with Crippen molar-refractivity contribution in [3.8, 4) is 0 Å². The maximum absolute atomic E-state index is 12.0. The molecule has 2 rings (SSSR count). The van der Waals surface area contributed by atoms with Crippen LogP contribution in [-0.4, -0.2) is 23.7 Å². The van der Waals surface area contributed by atoms with E-state index in [1.807, 2.05) is 54.6 Å². The van der Waals surface area contributed by atoms with E-state index >= 15 is 0 Å². The topological polar surface area (TPSA) is 49.3 Å². The van der Waals surface area contributed by atoms with Crippen LogP contribution in [-0.2, 0) is 17.6 Å². The molecular weight excluding hydrogens is 330 g/mol. The number of halogens is 1. The van der Waals surface area contributed by atoms with Gasteiger partial charge in [-0.3, -0.25) is 4.79 Å². The Kier molecular flexibility index (Phi) is 5.96. The molecule has 0 spiro atoms. The van der Waals surface area contributed by atoms with Gasteiger partial charge < -0.3 is 10.4 Å². The van der Waals surface area contributed by atoms with Gasteiger partial charge in [-0.2, -0.15) is 0 Å². The maximum Gasteiger partial charge on any atom is 0.224 e. The van der Waals surface area contributed by atoms with Gasteiger partial charge in [-0.05, 0) is 29.7 Å². The predicted molar refractivity (Wildman–Crippen MR) is 87.0 cm³/mol. The molecule has 0 aliphatic carbocycles. The molecule has 0 unspecified atom stereocenters. The van der Waals surface area contributed by atoms with E-state index < -0.39 is 0 Å². The number of nitrogens with one attached hydrogen (secondary N) is 1. The SMILES string of the molecule is O=C(Cc1cccc(Br)c1)N[C@@H](CO)Cc1ccccc1. The van der Waals surface area contributed by atoms with Crippen molar-refractivity contribution in [3.63, 3.8) is 0 Å². The van der Waals surface area contributed by atoms with Crippen LogP contribution in [0.2, 0.25) is 0 Å². The number of carbonyl (C=O) groups is 1. The molecule has 0 fully saturated rings. The number of hydrogen-bond acceptors (Lipinski definition) is 2. The van der Waals surface area contributed by atoms with Gasteiger partial charge in [-0.1, -0.05) is 58.4 Å². The quantitative estimate of drug-likeness (QED) is 0.843. The van der Waals surface area contributed by atoms with Gasteiger partial charge in [-0.25, -0.2) is 0 Å². The van der Waals surface area contributed by atoms with Crippen LogP contribution in [0.15, 0.2) is 59.1 Å². The second-order valence-electron chi connectivity index (χ2n) is 4.94. The molecule has 2 N–H and O–H groups in total. The van der Waals surface area contributed by atoms with Crippen molar-refractivity contribution in [2.45, 2.75) is 18.9 Å². The third-order valence-corrected chi connectivity index (χ3v) is 3.66. The molecule has 1 amide bonds. The Balaban J connectivity index is 1.90. The summed E-state index contributed by atoms with van der Waals surface area (Å²) in [5, 5.41) is 12.3. The molecule has 0 saturated heterocycles. The Bertz CT molecular complexity index is 586. The molecule has 21 heavy (non-hydrogen) atoms. The summed E-state index contributed by atoms with van der Waals surface area (Å²) in [7, 11) is 0. The first-order valence-electron chi connectivity index (χ1n) is 6.86. The molecule has 2 aromatic carbocycles. The van der Waals surface area contributed by atoms with E-state index in [1.54, 1.807) is 0 Å². The van der Waals surface area contributed by atoms with Crippen LogP contribution in [0, 0.1) is 0 Å². The van der Waals surface area contributed by atoms with Crippen LogP contribution in [0.5, 0.6) is 0 Å². The highest BCUT2D eigenvalue weighted by Gasteiger charge is 2.12. The zero-order valence-electron chi connectivity index (χ0n) is 11.6. The minimum Gasteiger partial charge on any atom is -0.394 e. The smallest absolute Gasteiger partial charge is 0.224 e. The highest BCUT2D eigenvalue weighted by molar-refractivity contribution is 9.10. The van der Waals surface area contributed by atoms with Crippen LogP contribution in [0.4, 0.5) is 0 Å². The minimum atomic E-state index is -0.257. The van der Waals surface area contributed by atoms with Crippen LogP contribution < -0.4 is 5.32 Å². The van der Waals surface area contributed by atoms with Crippen LogP contribution >= 0.6 is 15.9 Å². The summed E-state index contributed by atoms with van der Waals surface area (Å²) < 4.78 is 0.954. The molecule has 0 saturated carbocycles. The maximum atomic E-state index is 12.0. The van der Waals surface area contributed by atoms with Crippen molar-refractivity contribution in [3.05, 3.63) is 70.2 Å². The third kappa shape index (κ3) is 5.33. The van der Waals surface area contributed by atoms with Gasteiger partial charge in [-0.15, -0.1) is 0 Å². The van der Waals surface area contributed by atoms with E-state index in [0.29, 0.717) is 12.8 Å². The third-order valence-electron chi connectivity index (χ3n) is 3.16. The molecule has 0 aliphatic heterocycles. The number of aliphatic hydroxyl groups excluding tert-OH is 1. The summed E-state index contributed by atoms with van der Waals surface area (Å²) in [5.41, 5.74) is 2.04. The number of carbonyl (C=O) groups excluding carboxylic acids is 1. The minimum absolute atomic E-state index is 0.0703. The molecule has 1 atom stereocenters. The van der Waals surface area contributed by atoms with Crippen molar-refractivity contribution in [1.82, 2.24) is 5.32 Å². The number of aliphatic hydroxyl groups is 1. The predicted octanol–water partition coefficient (Wildman–Crippen LogP) is 2.71. The highest BCUT2D eigenvalue weighted by Crippen LogP contribution is 2.12.